The monoisotopic (exact) mass is 1440 g/mol. The first-order valence-electron chi connectivity index (χ1n) is 40.8. The Kier molecular flexibility index (Phi) is 68.1. The van der Waals surface area contributed by atoms with Gasteiger partial charge in [-0.1, -0.05) is 357 Å². The first-order chi connectivity index (χ1) is 47.2. The third-order valence-corrected chi connectivity index (χ3v) is 20.3. The van der Waals surface area contributed by atoms with Gasteiger partial charge in [-0.3, -0.25) is 37.3 Å². The molecule has 3 N–H and O–H groups in total. The van der Waals surface area contributed by atoms with Gasteiger partial charge in [-0.2, -0.15) is 0 Å². The van der Waals surface area contributed by atoms with Gasteiger partial charge in [0, 0.05) is 25.7 Å². The zero-order valence-electron chi connectivity index (χ0n) is 64.3. The summed E-state index contributed by atoms with van der Waals surface area (Å²) >= 11 is 0. The van der Waals surface area contributed by atoms with Gasteiger partial charge in [-0.15, -0.1) is 0 Å². The highest BCUT2D eigenvalue weighted by atomic mass is 31.2. The zero-order valence-corrected chi connectivity index (χ0v) is 66.0. The Balaban J connectivity index is 5.20. The van der Waals surface area contributed by atoms with Crippen LogP contribution < -0.4 is 0 Å². The van der Waals surface area contributed by atoms with Gasteiger partial charge in [-0.25, -0.2) is 9.13 Å². The first-order valence-corrected chi connectivity index (χ1v) is 43.8. The lowest BCUT2D eigenvalue weighted by molar-refractivity contribution is -0.161. The molecule has 2 unspecified atom stereocenters. The predicted molar refractivity (Wildman–Crippen MR) is 400 cm³/mol. The van der Waals surface area contributed by atoms with Crippen LogP contribution in [0.25, 0.3) is 0 Å². The van der Waals surface area contributed by atoms with Gasteiger partial charge in [0.25, 0.3) is 0 Å². The molecule has 0 fully saturated rings. The summed E-state index contributed by atoms with van der Waals surface area (Å²) < 4.78 is 68.6. The largest absolute Gasteiger partial charge is 0.472 e. The van der Waals surface area contributed by atoms with Crippen LogP contribution in [0.4, 0.5) is 0 Å². The van der Waals surface area contributed by atoms with E-state index in [9.17, 15) is 43.2 Å². The summed E-state index contributed by atoms with van der Waals surface area (Å²) in [5.74, 6) is 0.0984. The maximum atomic E-state index is 13.1. The molecule has 5 atom stereocenters. The van der Waals surface area contributed by atoms with E-state index < -0.39 is 97.5 Å². The quantitative estimate of drug-likeness (QED) is 0.0222. The van der Waals surface area contributed by atoms with E-state index in [1.807, 2.05) is 0 Å². The molecule has 0 aliphatic rings. The van der Waals surface area contributed by atoms with E-state index in [1.165, 1.54) is 212 Å². The molecule has 98 heavy (non-hydrogen) atoms. The van der Waals surface area contributed by atoms with Crippen LogP contribution in [0, 0.1) is 17.8 Å². The molecule has 0 heterocycles. The van der Waals surface area contributed by atoms with E-state index in [0.29, 0.717) is 31.6 Å². The second-order valence-electron chi connectivity index (χ2n) is 29.9. The minimum Gasteiger partial charge on any atom is -0.462 e. The van der Waals surface area contributed by atoms with Crippen LogP contribution in [0.5, 0.6) is 0 Å². The minimum atomic E-state index is -4.96. The van der Waals surface area contributed by atoms with Gasteiger partial charge < -0.3 is 33.8 Å². The molecule has 0 bridgehead atoms. The summed E-state index contributed by atoms with van der Waals surface area (Å²) in [5.41, 5.74) is 0. The molecular weight excluding hydrogens is 1280 g/mol. The number of carbonyl (C=O) groups excluding carboxylic acids is 4. The Morgan fingerprint density at radius 3 is 0.694 bits per heavy atom. The third-order valence-electron chi connectivity index (χ3n) is 18.4. The molecule has 0 saturated carbocycles. The molecule has 0 amide bonds. The van der Waals surface area contributed by atoms with Gasteiger partial charge in [0.2, 0.25) is 0 Å². The Bertz CT molecular complexity index is 1900. The molecule has 0 aromatic heterocycles. The van der Waals surface area contributed by atoms with Crippen molar-refractivity contribution in [2.45, 2.75) is 426 Å². The smallest absolute Gasteiger partial charge is 0.462 e. The first kappa shape index (κ1) is 96.1. The lowest BCUT2D eigenvalue weighted by atomic mass is 10.0. The van der Waals surface area contributed by atoms with Crippen molar-refractivity contribution in [2.75, 3.05) is 39.6 Å². The summed E-state index contributed by atoms with van der Waals surface area (Å²) in [6.07, 6.45) is 57.2. The van der Waals surface area contributed by atoms with E-state index in [4.69, 9.17) is 37.0 Å². The Labute approximate surface area is 600 Å². The SMILES string of the molecule is CCCCCCCCCCCCCCCCCCCCCCCC(=O)O[C@H](COC(=O)CCCCCCCCCCCCCC(C)C)COP(=O)(O)OC[C@@H](O)COP(=O)(O)OC[C@@H](COC(=O)CCCCCCCCC(C)C)OC(=O)CCCCCCCCCCCCCC(C)C. The van der Waals surface area contributed by atoms with Crippen LogP contribution >= 0.6 is 15.6 Å². The van der Waals surface area contributed by atoms with E-state index in [2.05, 4.69) is 48.5 Å². The standard InChI is InChI=1S/C79H154O17P2/c1-8-9-10-11-12-13-14-15-16-17-18-19-20-21-22-23-28-34-39-48-55-62-78(83)95-74(66-89-76(81)60-53-46-38-33-29-24-26-31-36-43-50-57-70(2)3)68-93-97(85,86)91-64-73(80)65-92-98(87,88)94-69-75(67-90-77(82)61-54-47-42-41-45-52-59-72(6)7)96-79(84)63-56-49-40-35-30-25-27-32-37-44-51-58-71(4)5/h70-75,80H,8-69H2,1-7H3,(H,85,86)(H,87,88)/t73-,74-,75-/m1/s1. The summed E-state index contributed by atoms with van der Waals surface area (Å²) in [5, 5.41) is 10.6. The van der Waals surface area contributed by atoms with Crippen molar-refractivity contribution in [3.63, 3.8) is 0 Å². The number of hydrogen-bond donors (Lipinski definition) is 3. The van der Waals surface area contributed by atoms with Crippen LogP contribution in [0.15, 0.2) is 0 Å². The highest BCUT2D eigenvalue weighted by molar-refractivity contribution is 7.47. The maximum Gasteiger partial charge on any atom is 0.472 e. The number of ether oxygens (including phenoxy) is 4. The van der Waals surface area contributed by atoms with Crippen molar-refractivity contribution in [1.82, 2.24) is 0 Å². The van der Waals surface area contributed by atoms with E-state index >= 15 is 0 Å². The normalized spacial score (nSPS) is 14.0. The minimum absolute atomic E-state index is 0.105. The second kappa shape index (κ2) is 69.4. The number of unbranched alkanes of at least 4 members (excludes halogenated alkanes) is 45. The highest BCUT2D eigenvalue weighted by Gasteiger charge is 2.30. The zero-order chi connectivity index (χ0) is 72.3. The summed E-state index contributed by atoms with van der Waals surface area (Å²) in [7, 11) is -9.92. The Morgan fingerprint density at radius 2 is 0.469 bits per heavy atom. The van der Waals surface area contributed by atoms with E-state index in [0.717, 1.165) is 108 Å². The molecule has 0 radical (unpaired) electrons. The van der Waals surface area contributed by atoms with Gasteiger partial charge in [0.05, 0.1) is 26.4 Å². The van der Waals surface area contributed by atoms with Crippen LogP contribution in [-0.4, -0.2) is 96.7 Å². The number of carbonyl (C=O) groups is 4. The fourth-order valence-corrected chi connectivity index (χ4v) is 13.7. The molecule has 0 saturated heterocycles. The number of rotatable bonds is 77. The van der Waals surface area contributed by atoms with Crippen molar-refractivity contribution < 1.29 is 80.2 Å². The molecule has 0 rings (SSSR count). The van der Waals surface area contributed by atoms with Gasteiger partial charge in [-0.05, 0) is 43.4 Å². The number of aliphatic hydroxyl groups is 1. The second-order valence-corrected chi connectivity index (χ2v) is 32.8. The number of aliphatic hydroxyl groups excluding tert-OH is 1. The van der Waals surface area contributed by atoms with Crippen molar-refractivity contribution in [2.24, 2.45) is 17.8 Å². The summed E-state index contributed by atoms with van der Waals surface area (Å²) in [4.78, 5) is 72.9. The van der Waals surface area contributed by atoms with Crippen molar-refractivity contribution in [1.29, 1.82) is 0 Å². The molecule has 17 nitrogen and oxygen atoms in total. The maximum absolute atomic E-state index is 13.1. The van der Waals surface area contributed by atoms with Crippen LogP contribution in [0.1, 0.15) is 408 Å². The molecular formula is C79H154O17P2. The lowest BCUT2D eigenvalue weighted by Crippen LogP contribution is -2.30. The lowest BCUT2D eigenvalue weighted by Gasteiger charge is -2.21. The van der Waals surface area contributed by atoms with Crippen molar-refractivity contribution in [3.05, 3.63) is 0 Å². The van der Waals surface area contributed by atoms with E-state index in [1.54, 1.807) is 0 Å². The van der Waals surface area contributed by atoms with Crippen LogP contribution in [0.3, 0.4) is 0 Å². The molecule has 0 aliphatic carbocycles. The number of hydrogen-bond acceptors (Lipinski definition) is 15. The Hall–Kier alpha value is -1.94. The molecule has 582 valence electrons. The van der Waals surface area contributed by atoms with Crippen LogP contribution in [-0.2, 0) is 65.4 Å². The number of esters is 4. The fraction of sp³-hybridized carbons (Fsp3) is 0.949. The average Bonchev–Trinajstić information content (AvgIpc) is 0.931. The number of phosphoric acid groups is 2. The van der Waals surface area contributed by atoms with Crippen molar-refractivity contribution >= 4 is 39.5 Å². The topological polar surface area (TPSA) is 237 Å². The molecule has 19 heteroatoms. The Morgan fingerprint density at radius 1 is 0.276 bits per heavy atom. The third kappa shape index (κ3) is 72.4. The molecule has 0 aliphatic heterocycles. The van der Waals surface area contributed by atoms with E-state index in [-0.39, 0.29) is 25.7 Å². The van der Waals surface area contributed by atoms with Crippen LogP contribution in [0.2, 0.25) is 0 Å². The summed E-state index contributed by atoms with van der Waals surface area (Å²) in [6, 6.07) is 0. The molecule has 0 spiro atoms. The van der Waals surface area contributed by atoms with Gasteiger partial charge in [0.15, 0.2) is 12.2 Å². The predicted octanol–water partition coefficient (Wildman–Crippen LogP) is 23.4. The summed E-state index contributed by atoms with van der Waals surface area (Å²) in [6.45, 7) is 11.8. The van der Waals surface area contributed by atoms with Crippen molar-refractivity contribution in [3.8, 4) is 0 Å². The fourth-order valence-electron chi connectivity index (χ4n) is 12.1. The average molecular weight is 1440 g/mol. The molecule has 0 aromatic rings. The highest BCUT2D eigenvalue weighted by Crippen LogP contribution is 2.45. The molecule has 0 aromatic carbocycles. The van der Waals surface area contributed by atoms with Gasteiger partial charge in [0.1, 0.15) is 19.3 Å². The number of phosphoric ester groups is 2. The van der Waals surface area contributed by atoms with Gasteiger partial charge >= 0.3 is 39.5 Å².